The Balaban J connectivity index is 2.10. The van der Waals surface area contributed by atoms with Gasteiger partial charge in [-0.2, -0.15) is 0 Å². The lowest BCUT2D eigenvalue weighted by Crippen LogP contribution is -2.06. The largest absolute Gasteiger partial charge is 0.0762 e. The number of allylic oxidation sites excluding steroid dienone is 2. The standard InChI is InChI=1S/C16H19Br/c1-2-5-11-8-9-13-10-12-6-3-4-7-14(12)16(17)15(11)13/h8,10H,2-7,9H2,1H3. The molecule has 1 heteroatoms. The molecule has 0 unspecified atom stereocenters. The maximum Gasteiger partial charge on any atom is 0.0288 e. The van der Waals surface area contributed by atoms with Gasteiger partial charge in [-0.3, -0.25) is 0 Å². The molecule has 0 radical (unpaired) electrons. The fraction of sp³-hybridized carbons (Fsp3) is 0.500. The summed E-state index contributed by atoms with van der Waals surface area (Å²) in [5.74, 6) is 0. The van der Waals surface area contributed by atoms with Gasteiger partial charge in [0.15, 0.2) is 0 Å². The monoisotopic (exact) mass is 290 g/mol. The van der Waals surface area contributed by atoms with E-state index in [1.54, 1.807) is 22.3 Å². The first-order valence-corrected chi connectivity index (χ1v) is 7.63. The minimum Gasteiger partial charge on any atom is -0.0762 e. The summed E-state index contributed by atoms with van der Waals surface area (Å²) in [6.07, 6.45) is 11.3. The molecule has 0 aromatic heterocycles. The van der Waals surface area contributed by atoms with Gasteiger partial charge in [-0.05, 0) is 82.3 Å². The molecule has 0 saturated carbocycles. The summed E-state index contributed by atoms with van der Waals surface area (Å²) in [5.41, 5.74) is 7.86. The van der Waals surface area contributed by atoms with Crippen molar-refractivity contribution in [1.29, 1.82) is 0 Å². The van der Waals surface area contributed by atoms with Gasteiger partial charge in [0.05, 0.1) is 0 Å². The lowest BCUT2D eigenvalue weighted by molar-refractivity contribution is 0.682. The molecule has 2 aliphatic rings. The van der Waals surface area contributed by atoms with E-state index in [-0.39, 0.29) is 0 Å². The first-order chi connectivity index (χ1) is 8.31. The van der Waals surface area contributed by atoms with E-state index >= 15 is 0 Å². The van der Waals surface area contributed by atoms with Crippen LogP contribution in [0.3, 0.4) is 0 Å². The first-order valence-electron chi connectivity index (χ1n) is 6.83. The van der Waals surface area contributed by atoms with Crippen molar-refractivity contribution in [2.75, 3.05) is 0 Å². The topological polar surface area (TPSA) is 0 Å². The van der Waals surface area contributed by atoms with E-state index in [0.29, 0.717) is 0 Å². The number of fused-ring (bicyclic) bond motifs is 2. The van der Waals surface area contributed by atoms with Crippen LogP contribution in [-0.4, -0.2) is 0 Å². The van der Waals surface area contributed by atoms with Gasteiger partial charge in [0.1, 0.15) is 0 Å². The van der Waals surface area contributed by atoms with Crippen LogP contribution in [0.25, 0.3) is 5.57 Å². The fourth-order valence-electron chi connectivity index (χ4n) is 3.25. The molecule has 17 heavy (non-hydrogen) atoms. The molecule has 0 spiro atoms. The lowest BCUT2D eigenvalue weighted by atomic mass is 9.87. The molecule has 0 atom stereocenters. The Morgan fingerprint density at radius 3 is 2.82 bits per heavy atom. The third kappa shape index (κ3) is 1.89. The van der Waals surface area contributed by atoms with Crippen LogP contribution in [0.15, 0.2) is 16.6 Å². The van der Waals surface area contributed by atoms with E-state index in [1.807, 2.05) is 0 Å². The molecule has 0 nitrogen and oxygen atoms in total. The summed E-state index contributed by atoms with van der Waals surface area (Å²) in [5, 5.41) is 0. The van der Waals surface area contributed by atoms with Gasteiger partial charge in [-0.15, -0.1) is 0 Å². The zero-order valence-corrected chi connectivity index (χ0v) is 12.1. The molecule has 0 aliphatic heterocycles. The quantitative estimate of drug-likeness (QED) is 0.714. The molecule has 3 rings (SSSR count). The van der Waals surface area contributed by atoms with E-state index in [4.69, 9.17) is 0 Å². The van der Waals surface area contributed by atoms with E-state index < -0.39 is 0 Å². The highest BCUT2D eigenvalue weighted by Crippen LogP contribution is 2.41. The Morgan fingerprint density at radius 2 is 2.00 bits per heavy atom. The van der Waals surface area contributed by atoms with E-state index in [1.165, 1.54) is 48.6 Å². The third-order valence-electron chi connectivity index (χ3n) is 4.07. The number of rotatable bonds is 2. The normalized spacial score (nSPS) is 17.6. The summed E-state index contributed by atoms with van der Waals surface area (Å²) in [4.78, 5) is 0. The van der Waals surface area contributed by atoms with Crippen molar-refractivity contribution < 1.29 is 0 Å². The highest BCUT2D eigenvalue weighted by Gasteiger charge is 2.22. The van der Waals surface area contributed by atoms with Gasteiger partial charge >= 0.3 is 0 Å². The van der Waals surface area contributed by atoms with Gasteiger partial charge in [0.25, 0.3) is 0 Å². The molecular formula is C16H19Br. The van der Waals surface area contributed by atoms with Crippen LogP contribution in [0.2, 0.25) is 0 Å². The highest BCUT2D eigenvalue weighted by molar-refractivity contribution is 9.10. The maximum atomic E-state index is 3.89. The number of hydrogen-bond acceptors (Lipinski definition) is 0. The predicted molar refractivity (Wildman–Crippen MR) is 77.4 cm³/mol. The second kappa shape index (κ2) is 4.61. The minimum absolute atomic E-state index is 1.15. The Kier molecular flexibility index (Phi) is 3.12. The summed E-state index contributed by atoms with van der Waals surface area (Å²) in [7, 11) is 0. The Morgan fingerprint density at radius 1 is 1.18 bits per heavy atom. The van der Waals surface area contributed by atoms with Gasteiger partial charge in [0, 0.05) is 4.47 Å². The van der Waals surface area contributed by atoms with Crippen molar-refractivity contribution in [1.82, 2.24) is 0 Å². The number of benzene rings is 1. The molecule has 2 aliphatic carbocycles. The molecule has 1 aromatic carbocycles. The van der Waals surface area contributed by atoms with Gasteiger partial charge in [-0.25, -0.2) is 0 Å². The van der Waals surface area contributed by atoms with E-state index in [2.05, 4.69) is 35.0 Å². The summed E-state index contributed by atoms with van der Waals surface area (Å²) in [6, 6.07) is 2.48. The molecule has 0 heterocycles. The van der Waals surface area contributed by atoms with E-state index in [9.17, 15) is 0 Å². The molecule has 1 aromatic rings. The number of halogens is 1. The molecule has 0 saturated heterocycles. The van der Waals surface area contributed by atoms with Crippen molar-refractivity contribution in [2.45, 2.75) is 51.9 Å². The first kappa shape index (κ1) is 11.5. The van der Waals surface area contributed by atoms with Crippen LogP contribution < -0.4 is 0 Å². The Hall–Kier alpha value is -0.560. The lowest BCUT2D eigenvalue weighted by Gasteiger charge is -2.21. The van der Waals surface area contributed by atoms with Crippen molar-refractivity contribution in [2.24, 2.45) is 0 Å². The fourth-order valence-corrected chi connectivity index (χ4v) is 4.21. The van der Waals surface area contributed by atoms with Crippen molar-refractivity contribution in [3.05, 3.63) is 38.9 Å². The Labute approximate surface area is 112 Å². The van der Waals surface area contributed by atoms with Crippen molar-refractivity contribution in [3.63, 3.8) is 0 Å². The maximum absolute atomic E-state index is 3.89. The average molecular weight is 291 g/mol. The molecule has 0 N–H and O–H groups in total. The molecule has 0 bridgehead atoms. The minimum atomic E-state index is 1.15. The van der Waals surface area contributed by atoms with Gasteiger partial charge in [0.2, 0.25) is 0 Å². The van der Waals surface area contributed by atoms with Crippen LogP contribution in [0.1, 0.15) is 54.9 Å². The number of aryl methyl sites for hydroxylation is 1. The SMILES string of the molecule is CCCC1=CCc2cc3c(c(Br)c21)CCCC3. The van der Waals surface area contributed by atoms with Crippen molar-refractivity contribution >= 4 is 21.5 Å². The molecule has 90 valence electrons. The summed E-state index contributed by atoms with van der Waals surface area (Å²) < 4.78 is 1.42. The van der Waals surface area contributed by atoms with E-state index in [0.717, 1.165) is 6.42 Å². The van der Waals surface area contributed by atoms with Gasteiger partial charge in [-0.1, -0.05) is 25.5 Å². The van der Waals surface area contributed by atoms with Gasteiger partial charge < -0.3 is 0 Å². The van der Waals surface area contributed by atoms with Crippen LogP contribution in [-0.2, 0) is 19.3 Å². The summed E-state index contributed by atoms with van der Waals surface area (Å²) in [6.45, 7) is 2.27. The predicted octanol–water partition coefficient (Wildman–Crippen LogP) is 5.07. The average Bonchev–Trinajstić information content (AvgIpc) is 2.74. The van der Waals surface area contributed by atoms with Crippen LogP contribution >= 0.6 is 15.9 Å². The molecular weight excluding hydrogens is 272 g/mol. The zero-order chi connectivity index (χ0) is 11.8. The molecule has 0 fully saturated rings. The zero-order valence-electron chi connectivity index (χ0n) is 10.5. The highest BCUT2D eigenvalue weighted by atomic mass is 79.9. The third-order valence-corrected chi connectivity index (χ3v) is 4.95. The Bertz CT molecular complexity index is 483. The van der Waals surface area contributed by atoms with Crippen LogP contribution in [0.4, 0.5) is 0 Å². The second-order valence-corrected chi connectivity index (χ2v) is 6.05. The molecule has 0 amide bonds. The van der Waals surface area contributed by atoms with Crippen LogP contribution in [0, 0.1) is 0 Å². The summed E-state index contributed by atoms with van der Waals surface area (Å²) >= 11 is 3.89. The smallest absolute Gasteiger partial charge is 0.0288 e. The van der Waals surface area contributed by atoms with Crippen molar-refractivity contribution in [3.8, 4) is 0 Å². The van der Waals surface area contributed by atoms with Crippen LogP contribution in [0.5, 0.6) is 0 Å². The number of hydrogen-bond donors (Lipinski definition) is 0. The second-order valence-electron chi connectivity index (χ2n) is 5.25.